The van der Waals surface area contributed by atoms with Crippen molar-refractivity contribution in [1.29, 1.82) is 0 Å². The Hall–Kier alpha value is -1.08. The Morgan fingerprint density at radius 2 is 2.11 bits per heavy atom. The van der Waals surface area contributed by atoms with Crippen molar-refractivity contribution in [2.24, 2.45) is 13.0 Å². The van der Waals surface area contributed by atoms with Crippen LogP contribution >= 0.6 is 0 Å². The van der Waals surface area contributed by atoms with E-state index in [1.54, 1.807) is 13.2 Å². The molecule has 0 aliphatic heterocycles. The number of nitrogens with one attached hydrogen (secondary N) is 1. The van der Waals surface area contributed by atoms with Gasteiger partial charge in [-0.1, -0.05) is 19.3 Å². The summed E-state index contributed by atoms with van der Waals surface area (Å²) in [4.78, 5) is 0. The number of nitrogen functional groups attached to an aromatic ring is 1. The summed E-state index contributed by atoms with van der Waals surface area (Å²) in [6.07, 6.45) is 7.17. The second kappa shape index (κ2) is 5.92. The van der Waals surface area contributed by atoms with Crippen LogP contribution in [0.5, 0.6) is 0 Å². The molecule has 0 bridgehead atoms. The molecule has 108 valence electrons. The number of hydrogen-bond donors (Lipinski definition) is 2. The molecule has 1 aromatic heterocycles. The summed E-state index contributed by atoms with van der Waals surface area (Å²) in [5, 5.41) is 3.99. The number of rotatable bonds is 5. The zero-order chi connectivity index (χ0) is 13.9. The molecule has 6 nitrogen and oxygen atoms in total. The highest BCUT2D eigenvalue weighted by Gasteiger charge is 2.21. The van der Waals surface area contributed by atoms with Gasteiger partial charge in [-0.2, -0.15) is 5.10 Å². The highest BCUT2D eigenvalue weighted by atomic mass is 32.2. The molecule has 0 spiro atoms. The highest BCUT2D eigenvalue weighted by molar-refractivity contribution is 7.89. The Labute approximate surface area is 114 Å². The molecule has 1 fully saturated rings. The summed E-state index contributed by atoms with van der Waals surface area (Å²) in [6, 6.07) is 0. The second-order valence-electron chi connectivity index (χ2n) is 5.29. The summed E-state index contributed by atoms with van der Waals surface area (Å²) in [6.45, 7) is 0.217. The lowest BCUT2D eigenvalue weighted by molar-refractivity contribution is 0.384. The predicted molar refractivity (Wildman–Crippen MR) is 74.8 cm³/mol. The third kappa shape index (κ3) is 3.94. The smallest absolute Gasteiger partial charge is 0.212 e. The average molecular weight is 286 g/mol. The van der Waals surface area contributed by atoms with E-state index in [2.05, 4.69) is 9.82 Å². The molecule has 0 unspecified atom stereocenters. The van der Waals surface area contributed by atoms with Gasteiger partial charge in [0.15, 0.2) is 0 Å². The quantitative estimate of drug-likeness (QED) is 0.845. The number of aromatic nitrogens is 2. The fourth-order valence-electron chi connectivity index (χ4n) is 2.54. The number of nitrogens with two attached hydrogens (primary N) is 1. The maximum absolute atomic E-state index is 12.0. The Balaban J connectivity index is 1.88. The van der Waals surface area contributed by atoms with E-state index in [4.69, 9.17) is 5.73 Å². The fraction of sp³-hybridized carbons (Fsp3) is 0.750. The van der Waals surface area contributed by atoms with Crippen LogP contribution < -0.4 is 10.5 Å². The molecule has 19 heavy (non-hydrogen) atoms. The maximum Gasteiger partial charge on any atom is 0.212 e. The molecule has 1 aliphatic rings. The Kier molecular flexibility index (Phi) is 4.46. The van der Waals surface area contributed by atoms with Crippen LogP contribution in [0.2, 0.25) is 0 Å². The molecule has 0 saturated heterocycles. The molecular formula is C12H22N4O2S. The topological polar surface area (TPSA) is 90.0 Å². The van der Waals surface area contributed by atoms with Crippen molar-refractivity contribution in [2.45, 2.75) is 38.6 Å². The molecule has 1 aliphatic carbocycles. The van der Waals surface area contributed by atoms with Crippen LogP contribution in [-0.2, 0) is 23.6 Å². The van der Waals surface area contributed by atoms with Gasteiger partial charge in [-0.3, -0.25) is 4.68 Å². The van der Waals surface area contributed by atoms with E-state index in [0.717, 1.165) is 31.2 Å². The molecule has 1 aromatic rings. The van der Waals surface area contributed by atoms with E-state index in [1.165, 1.54) is 11.1 Å². The molecule has 7 heteroatoms. The Morgan fingerprint density at radius 1 is 1.42 bits per heavy atom. The Morgan fingerprint density at radius 3 is 2.68 bits per heavy atom. The summed E-state index contributed by atoms with van der Waals surface area (Å²) in [5.41, 5.74) is 6.50. The van der Waals surface area contributed by atoms with Crippen molar-refractivity contribution in [1.82, 2.24) is 14.5 Å². The lowest BCUT2D eigenvalue weighted by Crippen LogP contribution is -2.30. The molecule has 0 radical (unpaired) electrons. The molecule has 1 heterocycles. The zero-order valence-corrected chi connectivity index (χ0v) is 12.1. The lowest BCUT2D eigenvalue weighted by atomic mass is 9.91. The van der Waals surface area contributed by atoms with Crippen LogP contribution in [0.4, 0.5) is 5.82 Å². The largest absolute Gasteiger partial charge is 0.384 e. The van der Waals surface area contributed by atoms with Gasteiger partial charge < -0.3 is 5.73 Å². The van der Waals surface area contributed by atoms with Gasteiger partial charge in [0.1, 0.15) is 5.82 Å². The van der Waals surface area contributed by atoms with Gasteiger partial charge in [0.05, 0.1) is 11.9 Å². The van der Waals surface area contributed by atoms with Gasteiger partial charge in [-0.05, 0) is 18.8 Å². The highest BCUT2D eigenvalue weighted by Crippen LogP contribution is 2.24. The number of nitrogens with zero attached hydrogens (tertiary/aromatic N) is 2. The minimum atomic E-state index is -3.23. The second-order valence-corrected chi connectivity index (χ2v) is 7.14. The summed E-state index contributed by atoms with van der Waals surface area (Å²) >= 11 is 0. The summed E-state index contributed by atoms with van der Waals surface area (Å²) < 4.78 is 28.2. The monoisotopic (exact) mass is 286 g/mol. The number of hydrogen-bond acceptors (Lipinski definition) is 4. The third-order valence-corrected chi connectivity index (χ3v) is 5.22. The van der Waals surface area contributed by atoms with Crippen LogP contribution in [0, 0.1) is 5.92 Å². The minimum Gasteiger partial charge on any atom is -0.384 e. The lowest BCUT2D eigenvalue weighted by Gasteiger charge is -2.21. The molecule has 3 N–H and O–H groups in total. The van der Waals surface area contributed by atoms with Crippen molar-refractivity contribution < 1.29 is 8.42 Å². The predicted octanol–water partition coefficient (Wildman–Crippen LogP) is 1.00. The van der Waals surface area contributed by atoms with Crippen LogP contribution in [0.3, 0.4) is 0 Å². The van der Waals surface area contributed by atoms with E-state index in [-0.39, 0.29) is 12.3 Å². The van der Waals surface area contributed by atoms with Crippen molar-refractivity contribution in [3.05, 3.63) is 11.8 Å². The van der Waals surface area contributed by atoms with Crippen LogP contribution in [-0.4, -0.2) is 24.0 Å². The first-order valence-corrected chi connectivity index (χ1v) is 8.37. The molecule has 0 atom stereocenters. The van der Waals surface area contributed by atoms with E-state index in [1.807, 2.05) is 0 Å². The molecule has 0 amide bonds. The number of aryl methyl sites for hydroxylation is 1. The van der Waals surface area contributed by atoms with E-state index in [9.17, 15) is 8.42 Å². The number of anilines is 1. The minimum absolute atomic E-state index is 0.217. The normalized spacial score (nSPS) is 17.7. The summed E-state index contributed by atoms with van der Waals surface area (Å²) in [7, 11) is -1.50. The fourth-order valence-corrected chi connectivity index (χ4v) is 3.99. The van der Waals surface area contributed by atoms with Crippen LogP contribution in [0.1, 0.15) is 37.7 Å². The Bertz CT molecular complexity index is 518. The third-order valence-electron chi connectivity index (χ3n) is 3.73. The SMILES string of the molecule is Cn1ncc(CNS(=O)(=O)CC2CCCCC2)c1N. The van der Waals surface area contributed by atoms with Gasteiger partial charge in [0.2, 0.25) is 10.0 Å². The first-order chi connectivity index (χ1) is 8.98. The van der Waals surface area contributed by atoms with Gasteiger partial charge >= 0.3 is 0 Å². The zero-order valence-electron chi connectivity index (χ0n) is 11.3. The van der Waals surface area contributed by atoms with Crippen molar-refractivity contribution in [2.75, 3.05) is 11.5 Å². The molecule has 0 aromatic carbocycles. The van der Waals surface area contributed by atoms with Crippen LogP contribution in [0.25, 0.3) is 0 Å². The summed E-state index contributed by atoms with van der Waals surface area (Å²) in [5.74, 6) is 1.03. The number of sulfonamides is 1. The maximum atomic E-state index is 12.0. The van der Waals surface area contributed by atoms with Gasteiger partial charge in [0.25, 0.3) is 0 Å². The van der Waals surface area contributed by atoms with Crippen LogP contribution in [0.15, 0.2) is 6.20 Å². The first kappa shape index (κ1) is 14.3. The first-order valence-electron chi connectivity index (χ1n) is 6.71. The van der Waals surface area contributed by atoms with Gasteiger partial charge in [-0.15, -0.1) is 0 Å². The molecular weight excluding hydrogens is 264 g/mol. The molecule has 1 saturated carbocycles. The molecule has 2 rings (SSSR count). The van der Waals surface area contributed by atoms with Crippen molar-refractivity contribution in [3.63, 3.8) is 0 Å². The van der Waals surface area contributed by atoms with Crippen molar-refractivity contribution >= 4 is 15.8 Å². The average Bonchev–Trinajstić information content (AvgIpc) is 2.68. The van der Waals surface area contributed by atoms with Gasteiger partial charge in [0, 0.05) is 19.2 Å². The standard InChI is InChI=1S/C12H22N4O2S/c1-16-12(13)11(7-14-16)8-15-19(17,18)9-10-5-3-2-4-6-10/h7,10,15H,2-6,8-9,13H2,1H3. The van der Waals surface area contributed by atoms with E-state index >= 15 is 0 Å². The van der Waals surface area contributed by atoms with Crippen molar-refractivity contribution in [3.8, 4) is 0 Å². The van der Waals surface area contributed by atoms with Gasteiger partial charge in [-0.25, -0.2) is 13.1 Å². The van der Waals surface area contributed by atoms with E-state index in [0.29, 0.717) is 11.7 Å². The van der Waals surface area contributed by atoms with E-state index < -0.39 is 10.0 Å².